The molecule has 18 heteroatoms. The van der Waals surface area contributed by atoms with Crippen LogP contribution in [0.4, 0.5) is 22.2 Å². The minimum absolute atomic E-state index is 0.0253. The van der Waals surface area contributed by atoms with E-state index in [2.05, 4.69) is 41.5 Å². The van der Waals surface area contributed by atoms with Crippen molar-refractivity contribution in [3.63, 3.8) is 0 Å². The van der Waals surface area contributed by atoms with E-state index in [9.17, 15) is 24.0 Å². The first-order chi connectivity index (χ1) is 21.5. The van der Waals surface area contributed by atoms with Crippen molar-refractivity contribution in [1.82, 2.24) is 44.2 Å². The van der Waals surface area contributed by atoms with E-state index in [0.717, 1.165) is 13.0 Å². The van der Waals surface area contributed by atoms with Crippen LogP contribution in [0.1, 0.15) is 65.5 Å². The summed E-state index contributed by atoms with van der Waals surface area (Å²) >= 11 is 0. The Labute approximate surface area is 266 Å². The SMILES string of the molecule is CN(C)CCCNC(=O)CCNC(=O)c1nc(NC(=O)c2nc(NC(=O)c3nc(NC(=O)OC(C)(C)C)cn3C)cn2C)cn1C. The quantitative estimate of drug-likeness (QED) is 0.166. The summed E-state index contributed by atoms with van der Waals surface area (Å²) in [6.07, 6.45) is 4.56. The van der Waals surface area contributed by atoms with Gasteiger partial charge in [-0.1, -0.05) is 0 Å². The largest absolute Gasteiger partial charge is 0.444 e. The number of nitrogens with one attached hydrogen (secondary N) is 5. The Bertz CT molecular complexity index is 1580. The van der Waals surface area contributed by atoms with Crippen LogP contribution in [0.3, 0.4) is 0 Å². The molecule has 0 aliphatic carbocycles. The highest BCUT2D eigenvalue weighted by atomic mass is 16.6. The number of hydrogen-bond acceptors (Lipinski definition) is 10. The molecule has 5 amide bonds. The van der Waals surface area contributed by atoms with Gasteiger partial charge in [0.15, 0.2) is 17.5 Å². The second kappa shape index (κ2) is 15.2. The molecule has 0 unspecified atom stereocenters. The maximum absolute atomic E-state index is 13.0. The van der Waals surface area contributed by atoms with Crippen molar-refractivity contribution in [2.24, 2.45) is 21.1 Å². The third-order valence-electron chi connectivity index (χ3n) is 6.09. The molecule has 250 valence electrons. The van der Waals surface area contributed by atoms with Crippen LogP contribution < -0.4 is 26.6 Å². The highest BCUT2D eigenvalue weighted by Crippen LogP contribution is 2.15. The van der Waals surface area contributed by atoms with Crippen molar-refractivity contribution in [2.45, 2.75) is 39.2 Å². The van der Waals surface area contributed by atoms with E-state index in [-0.39, 0.29) is 53.8 Å². The number of rotatable bonds is 13. The lowest BCUT2D eigenvalue weighted by molar-refractivity contribution is -0.120. The number of nitrogens with zero attached hydrogens (tertiary/aromatic N) is 7. The number of ether oxygens (including phenoxy) is 1. The molecule has 3 aromatic rings. The molecule has 3 aromatic heterocycles. The molecule has 46 heavy (non-hydrogen) atoms. The summed E-state index contributed by atoms with van der Waals surface area (Å²) in [5, 5.41) is 13.1. The first-order valence-electron chi connectivity index (χ1n) is 14.4. The number of aromatic nitrogens is 6. The summed E-state index contributed by atoms with van der Waals surface area (Å²) in [5.41, 5.74) is -0.707. The molecule has 0 aliphatic rings. The van der Waals surface area contributed by atoms with Crippen LogP contribution in [-0.4, -0.2) is 103 Å². The van der Waals surface area contributed by atoms with Gasteiger partial charge in [-0.3, -0.25) is 24.5 Å². The van der Waals surface area contributed by atoms with Gasteiger partial charge in [-0.2, -0.15) is 0 Å². The van der Waals surface area contributed by atoms with Crippen molar-refractivity contribution in [3.8, 4) is 0 Å². The number of amides is 5. The van der Waals surface area contributed by atoms with Crippen LogP contribution in [0.25, 0.3) is 0 Å². The summed E-state index contributed by atoms with van der Waals surface area (Å²) in [6, 6.07) is 0. The average molecular weight is 643 g/mol. The van der Waals surface area contributed by atoms with Gasteiger partial charge in [-0.25, -0.2) is 19.7 Å². The number of hydrogen-bond donors (Lipinski definition) is 5. The van der Waals surface area contributed by atoms with Gasteiger partial charge in [0, 0.05) is 59.2 Å². The van der Waals surface area contributed by atoms with Crippen LogP contribution in [0, 0.1) is 0 Å². The van der Waals surface area contributed by atoms with Crippen molar-refractivity contribution in [3.05, 3.63) is 36.1 Å². The van der Waals surface area contributed by atoms with E-state index in [1.54, 1.807) is 41.9 Å². The smallest absolute Gasteiger partial charge is 0.413 e. The monoisotopic (exact) mass is 642 g/mol. The molecule has 0 saturated carbocycles. The normalized spacial score (nSPS) is 11.2. The fourth-order valence-electron chi connectivity index (χ4n) is 4.05. The van der Waals surface area contributed by atoms with Crippen LogP contribution in [-0.2, 0) is 30.7 Å². The Balaban J connectivity index is 1.54. The first kappa shape index (κ1) is 35.2. The molecule has 0 atom stereocenters. The highest BCUT2D eigenvalue weighted by molar-refractivity contribution is 6.04. The van der Waals surface area contributed by atoms with Gasteiger partial charge in [0.2, 0.25) is 23.4 Å². The Morgan fingerprint density at radius 2 is 1.17 bits per heavy atom. The molecule has 5 N–H and O–H groups in total. The Morgan fingerprint density at radius 1 is 0.717 bits per heavy atom. The van der Waals surface area contributed by atoms with E-state index in [1.807, 2.05) is 19.0 Å². The molecule has 0 aromatic carbocycles. The maximum Gasteiger partial charge on any atom is 0.413 e. The fraction of sp³-hybridized carbons (Fsp3) is 0.500. The molecule has 0 bridgehead atoms. The van der Waals surface area contributed by atoms with Gasteiger partial charge in [-0.05, 0) is 47.8 Å². The Morgan fingerprint density at radius 3 is 1.63 bits per heavy atom. The molecule has 18 nitrogen and oxygen atoms in total. The second-order valence-corrected chi connectivity index (χ2v) is 11.7. The van der Waals surface area contributed by atoms with Crippen LogP contribution in [0.2, 0.25) is 0 Å². The van der Waals surface area contributed by atoms with E-state index in [1.165, 1.54) is 32.3 Å². The number of anilines is 3. The molecule has 0 fully saturated rings. The minimum atomic E-state index is -0.718. The number of aryl methyl sites for hydroxylation is 3. The molecule has 0 saturated heterocycles. The molecule has 0 radical (unpaired) electrons. The van der Waals surface area contributed by atoms with Crippen molar-refractivity contribution in [2.75, 3.05) is 49.7 Å². The van der Waals surface area contributed by atoms with Gasteiger partial charge in [-0.15, -0.1) is 0 Å². The van der Waals surface area contributed by atoms with E-state index in [4.69, 9.17) is 4.74 Å². The zero-order chi connectivity index (χ0) is 34.2. The van der Waals surface area contributed by atoms with Crippen LogP contribution in [0.5, 0.6) is 0 Å². The predicted octanol–water partition coefficient (Wildman–Crippen LogP) is 0.927. The van der Waals surface area contributed by atoms with E-state index < -0.39 is 29.4 Å². The standard InChI is InChI=1S/C28H42N12O6/c1-28(2,3)46-27(45)36-19-16-40(8)23(33-19)26(44)35-18-15-39(7)22(32-18)25(43)34-17-14-38(6)21(31-17)24(42)30-12-10-20(41)29-11-9-13-37(4)5/h14-16H,9-13H2,1-8H3,(H,29,41)(H,30,42)(H,34,43)(H,35,44)(H,36,45). The van der Waals surface area contributed by atoms with Gasteiger partial charge < -0.3 is 44.6 Å². The average Bonchev–Trinajstić information content (AvgIpc) is 3.60. The number of carbonyl (C=O) groups is 5. The molecule has 0 spiro atoms. The molecular weight excluding hydrogens is 600 g/mol. The number of carbonyl (C=O) groups excluding carboxylic acids is 5. The zero-order valence-electron chi connectivity index (χ0n) is 27.3. The number of imidazole rings is 3. The van der Waals surface area contributed by atoms with Crippen LogP contribution in [0.15, 0.2) is 18.6 Å². The van der Waals surface area contributed by atoms with Crippen molar-refractivity contribution < 1.29 is 28.7 Å². The molecule has 3 rings (SSSR count). The van der Waals surface area contributed by atoms with E-state index >= 15 is 0 Å². The lowest BCUT2D eigenvalue weighted by atomic mass is 10.2. The van der Waals surface area contributed by atoms with Crippen molar-refractivity contribution >= 4 is 47.2 Å². The maximum atomic E-state index is 13.0. The van der Waals surface area contributed by atoms with Gasteiger partial charge in [0.25, 0.3) is 17.7 Å². The molecule has 3 heterocycles. The van der Waals surface area contributed by atoms with Gasteiger partial charge in [0.1, 0.15) is 5.60 Å². The fourth-order valence-corrected chi connectivity index (χ4v) is 4.05. The van der Waals surface area contributed by atoms with Gasteiger partial charge in [0.05, 0.1) is 0 Å². The Hall–Kier alpha value is -5.26. The third kappa shape index (κ3) is 10.4. The molecular formula is C28H42N12O6. The third-order valence-corrected chi connectivity index (χ3v) is 6.09. The van der Waals surface area contributed by atoms with Gasteiger partial charge >= 0.3 is 6.09 Å². The lowest BCUT2D eigenvalue weighted by Crippen LogP contribution is -2.32. The summed E-state index contributed by atoms with van der Waals surface area (Å²) < 4.78 is 9.45. The summed E-state index contributed by atoms with van der Waals surface area (Å²) in [4.78, 5) is 77.0. The minimum Gasteiger partial charge on any atom is -0.444 e. The van der Waals surface area contributed by atoms with E-state index in [0.29, 0.717) is 6.54 Å². The topological polar surface area (TPSA) is 211 Å². The zero-order valence-corrected chi connectivity index (χ0v) is 27.3. The van der Waals surface area contributed by atoms with Crippen LogP contribution >= 0.6 is 0 Å². The second-order valence-electron chi connectivity index (χ2n) is 11.7. The lowest BCUT2D eigenvalue weighted by Gasteiger charge is -2.18. The summed E-state index contributed by atoms with van der Waals surface area (Å²) in [6.45, 7) is 6.70. The summed E-state index contributed by atoms with van der Waals surface area (Å²) in [5.74, 6) is -1.70. The summed E-state index contributed by atoms with van der Waals surface area (Å²) in [7, 11) is 8.65. The Kier molecular flexibility index (Phi) is 11.6. The van der Waals surface area contributed by atoms with Crippen molar-refractivity contribution in [1.29, 1.82) is 0 Å². The first-order valence-corrected chi connectivity index (χ1v) is 14.4. The highest BCUT2D eigenvalue weighted by Gasteiger charge is 2.22. The predicted molar refractivity (Wildman–Crippen MR) is 169 cm³/mol. The molecule has 0 aliphatic heterocycles.